The van der Waals surface area contributed by atoms with Crippen LogP contribution in [0.3, 0.4) is 0 Å². The van der Waals surface area contributed by atoms with Crippen molar-refractivity contribution in [2.45, 2.75) is 0 Å². The lowest BCUT2D eigenvalue weighted by atomic mass is 10.0. The van der Waals surface area contributed by atoms with E-state index >= 15 is 0 Å². The first-order chi connectivity index (χ1) is 14.0. The Bertz CT molecular complexity index is 1140. The Labute approximate surface area is 172 Å². The molecule has 0 spiro atoms. The number of nitrogens with one attached hydrogen (secondary N) is 2. The van der Waals surface area contributed by atoms with Crippen LogP contribution in [-0.2, 0) is 9.59 Å². The number of carbonyl (C=O) groups is 3. The van der Waals surface area contributed by atoms with Crippen LogP contribution >= 0.6 is 11.6 Å². The third kappa shape index (κ3) is 3.81. The lowest BCUT2D eigenvalue weighted by molar-refractivity contribution is -0.123. The van der Waals surface area contributed by atoms with Gasteiger partial charge in [-0.15, -0.1) is 0 Å². The minimum absolute atomic E-state index is 0.0907. The van der Waals surface area contributed by atoms with Crippen molar-refractivity contribution in [1.29, 1.82) is 0 Å². The number of carbonyl (C=O) groups excluding carboxylic acids is 3. The Balaban J connectivity index is 1.62. The minimum atomic E-state index is -0.510. The summed E-state index contributed by atoms with van der Waals surface area (Å²) >= 11 is 5.91. The first kappa shape index (κ1) is 18.7. The highest BCUT2D eigenvalue weighted by Gasteiger charge is 2.31. The molecule has 0 unspecified atom stereocenters. The van der Waals surface area contributed by atoms with Gasteiger partial charge in [0.25, 0.3) is 11.8 Å². The quantitative estimate of drug-likeness (QED) is 0.498. The standard InChI is InChI=1S/C23H15ClN2O3/c24-17-10-6-14(7-11-17)19-20(23(29)26-22(19)28)25-18-12-8-16(9-13-18)21(27)15-4-2-1-3-5-15/h1-13H,(H2,25,26,28,29). The van der Waals surface area contributed by atoms with Gasteiger partial charge in [0.15, 0.2) is 5.78 Å². The van der Waals surface area contributed by atoms with Crippen LogP contribution in [0.4, 0.5) is 5.69 Å². The number of benzene rings is 3. The topological polar surface area (TPSA) is 75.3 Å². The summed E-state index contributed by atoms with van der Waals surface area (Å²) in [6, 6.07) is 22.4. The number of hydrogen-bond donors (Lipinski definition) is 2. The molecule has 6 heteroatoms. The molecule has 2 amide bonds. The van der Waals surface area contributed by atoms with Crippen LogP contribution in [-0.4, -0.2) is 17.6 Å². The van der Waals surface area contributed by atoms with Gasteiger partial charge in [0, 0.05) is 21.8 Å². The van der Waals surface area contributed by atoms with Crippen LogP contribution in [0.15, 0.2) is 84.6 Å². The zero-order chi connectivity index (χ0) is 20.4. The molecule has 0 saturated carbocycles. The monoisotopic (exact) mass is 402 g/mol. The highest BCUT2D eigenvalue weighted by Crippen LogP contribution is 2.27. The summed E-state index contributed by atoms with van der Waals surface area (Å²) in [5, 5.41) is 5.83. The summed E-state index contributed by atoms with van der Waals surface area (Å²) in [5.74, 6) is -1.08. The van der Waals surface area contributed by atoms with Gasteiger partial charge in [0.1, 0.15) is 5.70 Å². The second-order valence-corrected chi connectivity index (χ2v) is 6.87. The van der Waals surface area contributed by atoms with Gasteiger partial charge in [0.05, 0.1) is 5.57 Å². The van der Waals surface area contributed by atoms with Gasteiger partial charge in [-0.1, -0.05) is 54.1 Å². The summed E-state index contributed by atoms with van der Waals surface area (Å²) < 4.78 is 0. The van der Waals surface area contributed by atoms with Gasteiger partial charge in [0.2, 0.25) is 0 Å². The summed E-state index contributed by atoms with van der Waals surface area (Å²) in [7, 11) is 0. The normalized spacial score (nSPS) is 13.4. The number of anilines is 1. The van der Waals surface area contributed by atoms with Crippen molar-refractivity contribution in [1.82, 2.24) is 5.32 Å². The first-order valence-electron chi connectivity index (χ1n) is 8.85. The van der Waals surface area contributed by atoms with E-state index in [0.29, 0.717) is 27.4 Å². The lowest BCUT2D eigenvalue weighted by Gasteiger charge is -2.09. The molecule has 0 atom stereocenters. The summed E-state index contributed by atoms with van der Waals surface area (Å²) in [6.07, 6.45) is 0. The van der Waals surface area contributed by atoms with Crippen LogP contribution < -0.4 is 10.6 Å². The fourth-order valence-corrected chi connectivity index (χ4v) is 3.20. The molecule has 3 aromatic carbocycles. The highest BCUT2D eigenvalue weighted by atomic mass is 35.5. The number of ketones is 1. The van der Waals surface area contributed by atoms with Gasteiger partial charge in [-0.05, 0) is 42.0 Å². The van der Waals surface area contributed by atoms with Crippen molar-refractivity contribution in [3.8, 4) is 0 Å². The molecule has 0 aliphatic carbocycles. The average molecular weight is 403 g/mol. The van der Waals surface area contributed by atoms with Crippen molar-refractivity contribution in [2.75, 3.05) is 5.32 Å². The maximum atomic E-state index is 12.5. The molecule has 4 rings (SSSR count). The summed E-state index contributed by atoms with van der Waals surface area (Å²) in [5.41, 5.74) is 2.69. The Morgan fingerprint density at radius 3 is 2.03 bits per heavy atom. The first-order valence-corrected chi connectivity index (χ1v) is 9.23. The van der Waals surface area contributed by atoms with Crippen LogP contribution in [0.1, 0.15) is 21.5 Å². The molecule has 3 aromatic rings. The molecule has 2 N–H and O–H groups in total. The smallest absolute Gasteiger partial charge is 0.275 e. The third-order valence-electron chi connectivity index (χ3n) is 4.52. The summed E-state index contributed by atoms with van der Waals surface area (Å²) in [4.78, 5) is 37.0. The molecule has 29 heavy (non-hydrogen) atoms. The Morgan fingerprint density at radius 2 is 1.38 bits per heavy atom. The van der Waals surface area contributed by atoms with Crippen molar-refractivity contribution in [2.24, 2.45) is 0 Å². The molecule has 0 aromatic heterocycles. The lowest BCUT2D eigenvalue weighted by Crippen LogP contribution is -2.24. The Morgan fingerprint density at radius 1 is 0.759 bits per heavy atom. The van der Waals surface area contributed by atoms with E-state index in [4.69, 9.17) is 11.6 Å². The predicted molar refractivity (Wildman–Crippen MR) is 111 cm³/mol. The number of rotatable bonds is 5. The van der Waals surface area contributed by atoms with E-state index in [9.17, 15) is 14.4 Å². The largest absolute Gasteiger partial charge is 0.350 e. The fraction of sp³-hybridized carbons (Fsp3) is 0. The predicted octanol–water partition coefficient (Wildman–Crippen LogP) is 4.05. The van der Waals surface area contributed by atoms with E-state index in [1.165, 1.54) is 0 Å². The Kier molecular flexibility index (Phi) is 4.97. The minimum Gasteiger partial charge on any atom is -0.350 e. The van der Waals surface area contributed by atoms with E-state index in [1.54, 1.807) is 60.7 Å². The number of amides is 2. The van der Waals surface area contributed by atoms with Crippen LogP contribution in [0.25, 0.3) is 5.57 Å². The maximum Gasteiger partial charge on any atom is 0.275 e. The van der Waals surface area contributed by atoms with Crippen molar-refractivity contribution in [3.05, 3.63) is 106 Å². The molecule has 5 nitrogen and oxygen atoms in total. The number of imide groups is 1. The molecule has 0 bridgehead atoms. The maximum absolute atomic E-state index is 12.5. The van der Waals surface area contributed by atoms with Crippen LogP contribution in [0.5, 0.6) is 0 Å². The van der Waals surface area contributed by atoms with Gasteiger partial charge < -0.3 is 5.32 Å². The highest BCUT2D eigenvalue weighted by molar-refractivity contribution is 6.37. The molecule has 0 fully saturated rings. The van der Waals surface area contributed by atoms with Gasteiger partial charge in [-0.2, -0.15) is 0 Å². The van der Waals surface area contributed by atoms with Gasteiger partial charge in [-0.3, -0.25) is 19.7 Å². The van der Waals surface area contributed by atoms with E-state index in [2.05, 4.69) is 10.6 Å². The van der Waals surface area contributed by atoms with Crippen LogP contribution in [0, 0.1) is 0 Å². The fourth-order valence-electron chi connectivity index (χ4n) is 3.07. The third-order valence-corrected chi connectivity index (χ3v) is 4.77. The number of halogens is 1. The van der Waals surface area contributed by atoms with Crippen molar-refractivity contribution >= 4 is 40.5 Å². The van der Waals surface area contributed by atoms with E-state index < -0.39 is 11.8 Å². The second kappa shape index (κ2) is 7.73. The Hall–Kier alpha value is -3.70. The average Bonchev–Trinajstić information content (AvgIpc) is 3.02. The molecule has 0 saturated heterocycles. The molecule has 0 radical (unpaired) electrons. The second-order valence-electron chi connectivity index (χ2n) is 6.44. The molecular weight excluding hydrogens is 388 g/mol. The number of hydrogen-bond acceptors (Lipinski definition) is 4. The zero-order valence-corrected chi connectivity index (χ0v) is 15.9. The van der Waals surface area contributed by atoms with E-state index in [-0.39, 0.29) is 17.1 Å². The molecule has 1 heterocycles. The van der Waals surface area contributed by atoms with Crippen molar-refractivity contribution < 1.29 is 14.4 Å². The molecule has 1 aliphatic heterocycles. The van der Waals surface area contributed by atoms with Crippen LogP contribution in [0.2, 0.25) is 5.02 Å². The van der Waals surface area contributed by atoms with E-state index in [0.717, 1.165) is 0 Å². The molecule has 142 valence electrons. The zero-order valence-electron chi connectivity index (χ0n) is 15.1. The van der Waals surface area contributed by atoms with Crippen molar-refractivity contribution in [3.63, 3.8) is 0 Å². The van der Waals surface area contributed by atoms with Gasteiger partial charge in [-0.25, -0.2) is 0 Å². The SMILES string of the molecule is O=C1NC(=O)C(c2ccc(Cl)cc2)=C1Nc1ccc(C(=O)c2ccccc2)cc1. The molecule has 1 aliphatic rings. The van der Waals surface area contributed by atoms with Gasteiger partial charge >= 0.3 is 0 Å². The summed E-state index contributed by atoms with van der Waals surface area (Å²) in [6.45, 7) is 0. The van der Waals surface area contributed by atoms with E-state index in [1.807, 2.05) is 18.2 Å². The molecular formula is C23H15ClN2O3.